The zero-order chi connectivity index (χ0) is 13.2. The average Bonchev–Trinajstić information content (AvgIpc) is 2.47. The molecule has 1 saturated heterocycles. The third kappa shape index (κ3) is 2.53. The molecular weight excluding hydrogens is 274 g/mol. The van der Waals surface area contributed by atoms with Crippen molar-refractivity contribution in [2.75, 3.05) is 29.5 Å². The van der Waals surface area contributed by atoms with Gasteiger partial charge in [0.05, 0.1) is 5.52 Å². The summed E-state index contributed by atoms with van der Waals surface area (Å²) in [4.78, 5) is 7.49. The topological polar surface area (TPSA) is 42.1 Å². The lowest BCUT2D eigenvalue weighted by Gasteiger charge is -2.28. The van der Waals surface area contributed by atoms with E-state index in [1.165, 1.54) is 0 Å². The lowest BCUT2D eigenvalue weighted by atomic mass is 10.1. The van der Waals surface area contributed by atoms with Crippen molar-refractivity contribution in [2.45, 2.75) is 0 Å². The smallest absolute Gasteiger partial charge is 0.130 e. The molecule has 1 aromatic heterocycles. The number of hydrogen-bond donors (Lipinski definition) is 1. The van der Waals surface area contributed by atoms with E-state index in [1.54, 1.807) is 0 Å². The number of benzene rings is 1. The van der Waals surface area contributed by atoms with Crippen LogP contribution in [0, 0.1) is 0 Å². The molecule has 0 aliphatic carbocycles. The predicted molar refractivity (Wildman–Crippen MR) is 87.2 cm³/mol. The summed E-state index contributed by atoms with van der Waals surface area (Å²) in [7, 11) is 0. The molecule has 19 heavy (non-hydrogen) atoms. The van der Waals surface area contributed by atoms with Gasteiger partial charge in [-0.05, 0) is 12.1 Å². The summed E-state index contributed by atoms with van der Waals surface area (Å²) in [6.07, 6.45) is 0. The third-order valence-corrected chi connectivity index (χ3v) is 4.47. The molecule has 0 saturated carbocycles. The Balaban J connectivity index is 2.12. The minimum atomic E-state index is 0.436. The van der Waals surface area contributed by atoms with Gasteiger partial charge in [-0.2, -0.15) is 11.8 Å². The normalized spacial score (nSPS) is 15.7. The standard InChI is InChI=1S/C14H15N3S2/c15-14(18)11-9-13(17-5-7-19-8-6-17)16-12-4-2-1-3-10(11)12/h1-4,9H,5-8H2,(H2,15,18). The number of nitrogens with two attached hydrogens (primary N) is 1. The number of pyridine rings is 1. The number of aromatic nitrogens is 1. The lowest BCUT2D eigenvalue weighted by molar-refractivity contribution is 0.842. The van der Waals surface area contributed by atoms with E-state index in [4.69, 9.17) is 22.9 Å². The second kappa shape index (κ2) is 5.35. The molecule has 0 atom stereocenters. The van der Waals surface area contributed by atoms with E-state index in [0.717, 1.165) is 46.9 Å². The molecule has 0 spiro atoms. The maximum atomic E-state index is 5.86. The van der Waals surface area contributed by atoms with E-state index < -0.39 is 0 Å². The highest BCUT2D eigenvalue weighted by atomic mass is 32.2. The summed E-state index contributed by atoms with van der Waals surface area (Å²) in [6.45, 7) is 2.07. The summed E-state index contributed by atoms with van der Waals surface area (Å²) in [6, 6.07) is 10.0. The van der Waals surface area contributed by atoms with E-state index in [-0.39, 0.29) is 0 Å². The van der Waals surface area contributed by atoms with Crippen LogP contribution in [-0.2, 0) is 0 Å². The average molecular weight is 289 g/mol. The second-order valence-corrected chi connectivity index (χ2v) is 6.17. The molecule has 0 amide bonds. The molecule has 1 aromatic carbocycles. The van der Waals surface area contributed by atoms with Crippen LogP contribution in [-0.4, -0.2) is 34.6 Å². The molecule has 1 aliphatic rings. The van der Waals surface area contributed by atoms with E-state index in [2.05, 4.69) is 4.90 Å². The molecule has 0 radical (unpaired) electrons. The molecule has 2 N–H and O–H groups in total. The van der Waals surface area contributed by atoms with Crippen LogP contribution in [0.4, 0.5) is 5.82 Å². The highest BCUT2D eigenvalue weighted by Crippen LogP contribution is 2.24. The molecular formula is C14H15N3S2. The van der Waals surface area contributed by atoms with Crippen molar-refractivity contribution in [1.29, 1.82) is 0 Å². The molecule has 0 bridgehead atoms. The van der Waals surface area contributed by atoms with Crippen LogP contribution in [0.5, 0.6) is 0 Å². The Morgan fingerprint density at radius 2 is 2.00 bits per heavy atom. The Kier molecular flexibility index (Phi) is 3.57. The van der Waals surface area contributed by atoms with Crippen molar-refractivity contribution in [3.8, 4) is 0 Å². The molecule has 2 aromatic rings. The van der Waals surface area contributed by atoms with Gasteiger partial charge in [-0.3, -0.25) is 0 Å². The zero-order valence-corrected chi connectivity index (χ0v) is 12.1. The van der Waals surface area contributed by atoms with Gasteiger partial charge >= 0.3 is 0 Å². The van der Waals surface area contributed by atoms with Crippen LogP contribution in [0.2, 0.25) is 0 Å². The Labute approximate surface area is 122 Å². The lowest BCUT2D eigenvalue weighted by Crippen LogP contribution is -2.33. The van der Waals surface area contributed by atoms with Crippen molar-refractivity contribution < 1.29 is 0 Å². The summed E-state index contributed by atoms with van der Waals surface area (Å²) < 4.78 is 0. The Hall–Kier alpha value is -1.33. The fourth-order valence-corrected chi connectivity index (χ4v) is 3.39. The van der Waals surface area contributed by atoms with E-state index in [0.29, 0.717) is 4.99 Å². The monoisotopic (exact) mass is 289 g/mol. The van der Waals surface area contributed by atoms with Gasteiger partial charge in [-0.1, -0.05) is 30.4 Å². The van der Waals surface area contributed by atoms with Crippen LogP contribution in [0.15, 0.2) is 30.3 Å². The first-order chi connectivity index (χ1) is 9.25. The second-order valence-electron chi connectivity index (χ2n) is 4.51. The minimum absolute atomic E-state index is 0.436. The van der Waals surface area contributed by atoms with Crippen molar-refractivity contribution in [3.63, 3.8) is 0 Å². The van der Waals surface area contributed by atoms with Crippen LogP contribution in [0.25, 0.3) is 10.9 Å². The first kappa shape index (κ1) is 12.7. The molecule has 0 unspecified atom stereocenters. The Morgan fingerprint density at radius 3 is 2.74 bits per heavy atom. The van der Waals surface area contributed by atoms with Gasteiger partial charge in [0.25, 0.3) is 0 Å². The highest BCUT2D eigenvalue weighted by molar-refractivity contribution is 7.99. The highest BCUT2D eigenvalue weighted by Gasteiger charge is 2.15. The summed E-state index contributed by atoms with van der Waals surface area (Å²) in [5.74, 6) is 3.29. The minimum Gasteiger partial charge on any atom is -0.389 e. The van der Waals surface area contributed by atoms with Crippen molar-refractivity contribution in [2.24, 2.45) is 5.73 Å². The number of anilines is 1. The molecule has 3 nitrogen and oxygen atoms in total. The van der Waals surface area contributed by atoms with Crippen LogP contribution < -0.4 is 10.6 Å². The van der Waals surface area contributed by atoms with Crippen molar-refractivity contribution in [3.05, 3.63) is 35.9 Å². The predicted octanol–water partition coefficient (Wildman–Crippen LogP) is 2.42. The van der Waals surface area contributed by atoms with Crippen LogP contribution >= 0.6 is 24.0 Å². The number of thioether (sulfide) groups is 1. The van der Waals surface area contributed by atoms with Gasteiger partial charge in [0.2, 0.25) is 0 Å². The molecule has 5 heteroatoms. The number of thiocarbonyl (C=S) groups is 1. The number of hydrogen-bond acceptors (Lipinski definition) is 4. The SMILES string of the molecule is NC(=S)c1cc(N2CCSCC2)nc2ccccc12. The number of para-hydroxylation sites is 1. The van der Waals surface area contributed by atoms with Gasteiger partial charge in [0.15, 0.2) is 0 Å². The summed E-state index contributed by atoms with van der Waals surface area (Å²) in [5, 5.41) is 1.03. The largest absolute Gasteiger partial charge is 0.389 e. The number of nitrogens with zero attached hydrogens (tertiary/aromatic N) is 2. The van der Waals surface area contributed by atoms with Gasteiger partial charge in [0.1, 0.15) is 10.8 Å². The molecule has 3 rings (SSSR count). The summed E-state index contributed by atoms with van der Waals surface area (Å²) >= 11 is 7.17. The number of fused-ring (bicyclic) bond motifs is 1. The maximum absolute atomic E-state index is 5.86. The fourth-order valence-electron chi connectivity index (χ4n) is 2.32. The van der Waals surface area contributed by atoms with E-state index in [9.17, 15) is 0 Å². The molecule has 98 valence electrons. The fraction of sp³-hybridized carbons (Fsp3) is 0.286. The third-order valence-electron chi connectivity index (χ3n) is 3.30. The number of rotatable bonds is 2. The van der Waals surface area contributed by atoms with E-state index in [1.807, 2.05) is 42.1 Å². The molecule has 2 heterocycles. The Bertz CT molecular complexity index is 621. The molecule has 1 fully saturated rings. The first-order valence-electron chi connectivity index (χ1n) is 6.28. The quantitative estimate of drug-likeness (QED) is 0.860. The van der Waals surface area contributed by atoms with Crippen LogP contribution in [0.1, 0.15) is 5.56 Å². The maximum Gasteiger partial charge on any atom is 0.130 e. The molecule has 1 aliphatic heterocycles. The van der Waals surface area contributed by atoms with Gasteiger partial charge in [-0.15, -0.1) is 0 Å². The van der Waals surface area contributed by atoms with Crippen LogP contribution in [0.3, 0.4) is 0 Å². The van der Waals surface area contributed by atoms with Gasteiger partial charge < -0.3 is 10.6 Å². The Morgan fingerprint density at radius 1 is 1.26 bits per heavy atom. The van der Waals surface area contributed by atoms with Crippen molar-refractivity contribution in [1.82, 2.24) is 4.98 Å². The zero-order valence-electron chi connectivity index (χ0n) is 10.5. The van der Waals surface area contributed by atoms with Crippen molar-refractivity contribution >= 4 is 45.7 Å². The van der Waals surface area contributed by atoms with Gasteiger partial charge in [-0.25, -0.2) is 4.98 Å². The first-order valence-corrected chi connectivity index (χ1v) is 7.84. The van der Waals surface area contributed by atoms with Gasteiger partial charge in [0, 0.05) is 35.5 Å². The van der Waals surface area contributed by atoms with E-state index >= 15 is 0 Å². The summed E-state index contributed by atoms with van der Waals surface area (Å²) in [5.41, 5.74) is 7.74.